The summed E-state index contributed by atoms with van der Waals surface area (Å²) in [6, 6.07) is 21.1. The SMILES string of the molecule is COc1ccccc1OCCN1C(=O)C(O)(CC(=O)c2cccc(Br)c2)c2ccccc21. The monoisotopic (exact) mass is 495 g/mol. The molecule has 1 unspecified atom stereocenters. The maximum Gasteiger partial charge on any atom is 0.264 e. The predicted molar refractivity (Wildman–Crippen MR) is 124 cm³/mol. The standard InChI is InChI=1S/C25H22BrNO5/c1-31-22-11-4-5-12-23(22)32-14-13-27-20-10-3-2-9-19(20)25(30,24(27)29)16-21(28)17-7-6-8-18(26)15-17/h2-12,15,30H,13-14,16H2,1H3. The van der Waals surface area contributed by atoms with E-state index in [1.807, 2.05) is 18.2 Å². The molecule has 4 rings (SSSR count). The fraction of sp³-hybridized carbons (Fsp3) is 0.200. The molecule has 0 aromatic heterocycles. The maximum absolute atomic E-state index is 13.3. The largest absolute Gasteiger partial charge is 0.493 e. The number of carbonyl (C=O) groups is 2. The number of hydrogen-bond donors (Lipinski definition) is 1. The summed E-state index contributed by atoms with van der Waals surface area (Å²) >= 11 is 3.35. The number of ether oxygens (including phenoxy) is 2. The van der Waals surface area contributed by atoms with Crippen LogP contribution in [-0.2, 0) is 10.4 Å². The summed E-state index contributed by atoms with van der Waals surface area (Å²) in [6.07, 6.45) is -0.344. The smallest absolute Gasteiger partial charge is 0.264 e. The summed E-state index contributed by atoms with van der Waals surface area (Å²) in [5, 5.41) is 11.4. The number of fused-ring (bicyclic) bond motifs is 1. The Morgan fingerprint density at radius 3 is 2.50 bits per heavy atom. The van der Waals surface area contributed by atoms with Crippen LogP contribution in [0.4, 0.5) is 5.69 Å². The highest BCUT2D eigenvalue weighted by Crippen LogP contribution is 2.42. The van der Waals surface area contributed by atoms with Crippen molar-refractivity contribution in [3.05, 3.63) is 88.4 Å². The topological polar surface area (TPSA) is 76.1 Å². The lowest BCUT2D eigenvalue weighted by Gasteiger charge is -2.23. The Morgan fingerprint density at radius 2 is 1.75 bits per heavy atom. The molecule has 0 aliphatic carbocycles. The van der Waals surface area contributed by atoms with Crippen LogP contribution >= 0.6 is 15.9 Å². The summed E-state index contributed by atoms with van der Waals surface area (Å²) in [6.45, 7) is 0.400. The molecule has 1 aliphatic rings. The highest BCUT2D eigenvalue weighted by Gasteiger charge is 2.50. The molecule has 1 amide bonds. The highest BCUT2D eigenvalue weighted by atomic mass is 79.9. The van der Waals surface area contributed by atoms with Crippen molar-refractivity contribution in [2.24, 2.45) is 0 Å². The third-order valence-corrected chi connectivity index (χ3v) is 5.94. The predicted octanol–water partition coefficient (Wildman–Crippen LogP) is 4.34. The first-order valence-electron chi connectivity index (χ1n) is 10.1. The third-order valence-electron chi connectivity index (χ3n) is 5.44. The number of halogens is 1. The van der Waals surface area contributed by atoms with Crippen molar-refractivity contribution in [1.29, 1.82) is 0 Å². The Kier molecular flexibility index (Phi) is 6.30. The zero-order valence-electron chi connectivity index (χ0n) is 17.5. The first-order valence-corrected chi connectivity index (χ1v) is 10.9. The van der Waals surface area contributed by atoms with Gasteiger partial charge in [-0.3, -0.25) is 9.59 Å². The van der Waals surface area contributed by atoms with Crippen LogP contribution in [0.25, 0.3) is 0 Å². The Labute approximate surface area is 194 Å². The average Bonchev–Trinajstić information content (AvgIpc) is 3.01. The van der Waals surface area contributed by atoms with Gasteiger partial charge in [0.05, 0.1) is 25.8 Å². The number of aliphatic hydroxyl groups is 1. The van der Waals surface area contributed by atoms with E-state index in [4.69, 9.17) is 9.47 Å². The number of methoxy groups -OCH3 is 1. The molecule has 3 aromatic rings. The van der Waals surface area contributed by atoms with Gasteiger partial charge in [0.2, 0.25) is 0 Å². The zero-order valence-corrected chi connectivity index (χ0v) is 19.0. The first kappa shape index (κ1) is 22.0. The van der Waals surface area contributed by atoms with E-state index in [1.54, 1.807) is 61.7 Å². The molecule has 3 aromatic carbocycles. The number of rotatable bonds is 8. The molecule has 1 N–H and O–H groups in total. The quantitative estimate of drug-likeness (QED) is 0.470. The van der Waals surface area contributed by atoms with E-state index in [0.717, 1.165) is 4.47 Å². The lowest BCUT2D eigenvalue weighted by molar-refractivity contribution is -0.135. The summed E-state index contributed by atoms with van der Waals surface area (Å²) in [5.41, 5.74) is -0.507. The van der Waals surface area contributed by atoms with E-state index in [-0.39, 0.29) is 25.4 Å². The maximum atomic E-state index is 13.3. The van der Waals surface area contributed by atoms with Crippen LogP contribution in [0.5, 0.6) is 11.5 Å². The van der Waals surface area contributed by atoms with E-state index < -0.39 is 11.5 Å². The van der Waals surface area contributed by atoms with Crippen LogP contribution in [0.2, 0.25) is 0 Å². The van der Waals surface area contributed by atoms with Crippen LogP contribution in [0.3, 0.4) is 0 Å². The second-order valence-electron chi connectivity index (χ2n) is 7.44. The molecule has 0 radical (unpaired) electrons. The average molecular weight is 496 g/mol. The minimum Gasteiger partial charge on any atom is -0.493 e. The summed E-state index contributed by atoms with van der Waals surface area (Å²) in [4.78, 5) is 27.7. The Hall–Kier alpha value is -3.16. The van der Waals surface area contributed by atoms with Crippen LogP contribution < -0.4 is 14.4 Å². The number of benzene rings is 3. The number of ketones is 1. The molecule has 0 spiro atoms. The minimum atomic E-state index is -1.93. The lowest BCUT2D eigenvalue weighted by atomic mass is 9.88. The number of carbonyl (C=O) groups excluding carboxylic acids is 2. The molecule has 7 heteroatoms. The Morgan fingerprint density at radius 1 is 1.03 bits per heavy atom. The Bertz CT molecular complexity index is 1160. The number of hydrogen-bond acceptors (Lipinski definition) is 5. The second kappa shape index (κ2) is 9.14. The second-order valence-corrected chi connectivity index (χ2v) is 8.36. The fourth-order valence-electron chi connectivity index (χ4n) is 3.88. The van der Waals surface area contributed by atoms with E-state index in [2.05, 4.69) is 15.9 Å². The van der Waals surface area contributed by atoms with E-state index >= 15 is 0 Å². The molecule has 0 bridgehead atoms. The Balaban J connectivity index is 1.54. The molecule has 164 valence electrons. The van der Waals surface area contributed by atoms with Gasteiger partial charge >= 0.3 is 0 Å². The number of para-hydroxylation sites is 3. The van der Waals surface area contributed by atoms with Crippen molar-refractivity contribution < 1.29 is 24.2 Å². The van der Waals surface area contributed by atoms with Gasteiger partial charge in [-0.2, -0.15) is 0 Å². The van der Waals surface area contributed by atoms with Gasteiger partial charge in [-0.1, -0.05) is 58.4 Å². The van der Waals surface area contributed by atoms with Crippen LogP contribution in [0, 0.1) is 0 Å². The molecule has 0 fully saturated rings. The number of anilines is 1. The highest BCUT2D eigenvalue weighted by molar-refractivity contribution is 9.10. The molecule has 0 saturated heterocycles. The number of Topliss-reactive ketones (excluding diaryl/α,β-unsaturated/α-hetero) is 1. The lowest BCUT2D eigenvalue weighted by Crippen LogP contribution is -2.43. The zero-order chi connectivity index (χ0) is 22.7. The number of amides is 1. The number of nitrogens with zero attached hydrogens (tertiary/aromatic N) is 1. The molecular weight excluding hydrogens is 474 g/mol. The summed E-state index contributed by atoms with van der Waals surface area (Å²) in [7, 11) is 1.56. The van der Waals surface area contributed by atoms with Crippen molar-refractivity contribution in [3.63, 3.8) is 0 Å². The van der Waals surface area contributed by atoms with Gasteiger partial charge < -0.3 is 19.5 Å². The van der Waals surface area contributed by atoms with E-state index in [9.17, 15) is 14.7 Å². The van der Waals surface area contributed by atoms with Gasteiger partial charge in [0, 0.05) is 15.6 Å². The molecule has 0 saturated carbocycles. The van der Waals surface area contributed by atoms with Gasteiger partial charge in [0.25, 0.3) is 5.91 Å². The van der Waals surface area contributed by atoms with E-state index in [1.165, 1.54) is 4.90 Å². The molecule has 1 heterocycles. The van der Waals surface area contributed by atoms with Gasteiger partial charge in [0.15, 0.2) is 22.9 Å². The minimum absolute atomic E-state index is 0.191. The summed E-state index contributed by atoms with van der Waals surface area (Å²) < 4.78 is 11.9. The van der Waals surface area contributed by atoms with Crippen LogP contribution in [0.1, 0.15) is 22.3 Å². The third kappa shape index (κ3) is 4.13. The van der Waals surface area contributed by atoms with Crippen molar-refractivity contribution >= 4 is 33.3 Å². The van der Waals surface area contributed by atoms with Crippen molar-refractivity contribution in [2.75, 3.05) is 25.2 Å². The van der Waals surface area contributed by atoms with Gasteiger partial charge in [-0.15, -0.1) is 0 Å². The van der Waals surface area contributed by atoms with Crippen molar-refractivity contribution in [1.82, 2.24) is 0 Å². The first-order chi connectivity index (χ1) is 15.4. The molecule has 1 atom stereocenters. The normalized spacial score (nSPS) is 17.2. The molecule has 1 aliphatic heterocycles. The molecule has 6 nitrogen and oxygen atoms in total. The van der Waals surface area contributed by atoms with Gasteiger partial charge in [0.1, 0.15) is 6.61 Å². The van der Waals surface area contributed by atoms with E-state index in [0.29, 0.717) is 28.3 Å². The molecular formula is C25H22BrNO5. The summed E-state index contributed by atoms with van der Waals surface area (Å²) in [5.74, 6) is 0.307. The van der Waals surface area contributed by atoms with Crippen LogP contribution in [0.15, 0.2) is 77.3 Å². The van der Waals surface area contributed by atoms with Crippen molar-refractivity contribution in [2.45, 2.75) is 12.0 Å². The fourth-order valence-corrected chi connectivity index (χ4v) is 4.28. The van der Waals surface area contributed by atoms with Crippen molar-refractivity contribution in [3.8, 4) is 11.5 Å². The van der Waals surface area contributed by atoms with Gasteiger partial charge in [-0.25, -0.2) is 0 Å². The molecule has 32 heavy (non-hydrogen) atoms. The van der Waals surface area contributed by atoms with Gasteiger partial charge in [-0.05, 0) is 30.3 Å². The van der Waals surface area contributed by atoms with Crippen LogP contribution in [-0.4, -0.2) is 37.1 Å².